The van der Waals surface area contributed by atoms with Gasteiger partial charge in [-0.3, -0.25) is 4.79 Å². The zero-order valence-corrected chi connectivity index (χ0v) is 7.71. The van der Waals surface area contributed by atoms with Crippen LogP contribution in [0.5, 0.6) is 0 Å². The SMILES string of the molecule is CC(=O)N[n+]1ccccc1.[Br-]. The normalized spacial score (nSPS) is 8.09. The van der Waals surface area contributed by atoms with Crippen molar-refractivity contribution in [2.45, 2.75) is 6.92 Å². The maximum Gasteiger partial charge on any atom is 0.271 e. The molecule has 1 aromatic rings. The lowest BCUT2D eigenvalue weighted by Gasteiger charge is -1.90. The number of nitrogens with one attached hydrogen (secondary N) is 1. The Balaban J connectivity index is 0.000001000. The van der Waals surface area contributed by atoms with Crippen LogP contribution in [0.1, 0.15) is 6.92 Å². The predicted octanol–water partition coefficient (Wildman–Crippen LogP) is -2.93. The van der Waals surface area contributed by atoms with Gasteiger partial charge < -0.3 is 17.0 Å². The number of carbonyl (C=O) groups is 1. The molecule has 0 spiro atoms. The largest absolute Gasteiger partial charge is 1.00 e. The average molecular weight is 217 g/mol. The summed E-state index contributed by atoms with van der Waals surface area (Å²) in [5.74, 6) is -0.0730. The summed E-state index contributed by atoms with van der Waals surface area (Å²) in [7, 11) is 0. The molecule has 0 fully saturated rings. The Morgan fingerprint density at radius 1 is 1.27 bits per heavy atom. The van der Waals surface area contributed by atoms with Gasteiger partial charge in [-0.25, -0.2) is 0 Å². The van der Waals surface area contributed by atoms with Crippen molar-refractivity contribution in [1.82, 2.24) is 0 Å². The van der Waals surface area contributed by atoms with Crippen molar-refractivity contribution >= 4 is 5.91 Å². The number of carbonyl (C=O) groups excluding carboxylic acids is 1. The summed E-state index contributed by atoms with van der Waals surface area (Å²) < 4.78 is 1.60. The molecule has 60 valence electrons. The van der Waals surface area contributed by atoms with Gasteiger partial charge >= 0.3 is 0 Å². The van der Waals surface area contributed by atoms with Crippen LogP contribution in [0.3, 0.4) is 0 Å². The van der Waals surface area contributed by atoms with Gasteiger partial charge in [0.15, 0.2) is 12.4 Å². The molecule has 0 saturated heterocycles. The highest BCUT2D eigenvalue weighted by Gasteiger charge is 1.96. The summed E-state index contributed by atoms with van der Waals surface area (Å²) >= 11 is 0. The third-order valence-corrected chi connectivity index (χ3v) is 1.00. The van der Waals surface area contributed by atoms with Crippen molar-refractivity contribution in [2.75, 3.05) is 5.43 Å². The van der Waals surface area contributed by atoms with Crippen molar-refractivity contribution in [1.29, 1.82) is 0 Å². The molecule has 0 radical (unpaired) electrons. The minimum atomic E-state index is -0.0730. The first-order chi connectivity index (χ1) is 4.79. The highest BCUT2D eigenvalue weighted by Crippen LogP contribution is 1.73. The van der Waals surface area contributed by atoms with Crippen LogP contribution in [0.4, 0.5) is 0 Å². The van der Waals surface area contributed by atoms with Gasteiger partial charge in [0.2, 0.25) is 0 Å². The van der Waals surface area contributed by atoms with E-state index in [2.05, 4.69) is 5.43 Å². The Morgan fingerprint density at radius 3 is 2.27 bits per heavy atom. The van der Waals surface area contributed by atoms with Crippen molar-refractivity contribution in [3.8, 4) is 0 Å². The molecular formula is C7H9BrN2O. The van der Waals surface area contributed by atoms with Crippen molar-refractivity contribution < 1.29 is 26.5 Å². The third-order valence-electron chi connectivity index (χ3n) is 1.00. The Bertz CT molecular complexity index is 225. The maximum atomic E-state index is 10.5. The highest BCUT2D eigenvalue weighted by molar-refractivity contribution is 5.79. The van der Waals surface area contributed by atoms with Crippen LogP contribution >= 0.6 is 0 Å². The molecule has 1 rings (SSSR count). The van der Waals surface area contributed by atoms with E-state index in [0.717, 1.165) is 0 Å². The fraction of sp³-hybridized carbons (Fsp3) is 0.143. The van der Waals surface area contributed by atoms with Crippen LogP contribution in [0.25, 0.3) is 0 Å². The number of amides is 1. The molecule has 1 heterocycles. The van der Waals surface area contributed by atoms with Gasteiger partial charge in [0.05, 0.1) is 0 Å². The molecule has 1 N–H and O–H groups in total. The zero-order chi connectivity index (χ0) is 7.40. The number of hydrogen-bond donors (Lipinski definition) is 1. The number of rotatable bonds is 1. The Labute approximate surface area is 75.8 Å². The first-order valence-electron chi connectivity index (χ1n) is 3.03. The minimum Gasteiger partial charge on any atom is -1.00 e. The Morgan fingerprint density at radius 2 is 1.82 bits per heavy atom. The number of pyridine rings is 1. The summed E-state index contributed by atoms with van der Waals surface area (Å²) in [5, 5.41) is 0. The second-order valence-electron chi connectivity index (χ2n) is 1.95. The third kappa shape index (κ3) is 3.72. The van der Waals surface area contributed by atoms with Crippen LogP contribution in [0, 0.1) is 0 Å². The van der Waals surface area contributed by atoms with E-state index in [1.807, 2.05) is 18.2 Å². The topological polar surface area (TPSA) is 33.0 Å². The first-order valence-corrected chi connectivity index (χ1v) is 3.03. The van der Waals surface area contributed by atoms with E-state index in [1.54, 1.807) is 17.1 Å². The molecule has 1 aromatic heterocycles. The van der Waals surface area contributed by atoms with Crippen molar-refractivity contribution in [3.05, 3.63) is 30.6 Å². The van der Waals surface area contributed by atoms with Gasteiger partial charge in [-0.15, -0.1) is 5.43 Å². The van der Waals surface area contributed by atoms with Crippen molar-refractivity contribution in [3.63, 3.8) is 0 Å². The first kappa shape index (κ1) is 10.1. The van der Waals surface area contributed by atoms with Crippen LogP contribution in [-0.2, 0) is 4.79 Å². The van der Waals surface area contributed by atoms with Gasteiger partial charge in [-0.1, -0.05) is 10.7 Å². The predicted molar refractivity (Wildman–Crippen MR) is 36.7 cm³/mol. The molecular weight excluding hydrogens is 208 g/mol. The molecule has 0 saturated carbocycles. The molecule has 4 heteroatoms. The van der Waals surface area contributed by atoms with E-state index in [1.165, 1.54) is 6.92 Å². The molecule has 0 aliphatic rings. The molecule has 11 heavy (non-hydrogen) atoms. The van der Waals surface area contributed by atoms with E-state index in [9.17, 15) is 4.79 Å². The van der Waals surface area contributed by atoms with Crippen molar-refractivity contribution in [2.24, 2.45) is 0 Å². The minimum absolute atomic E-state index is 0. The molecule has 0 bridgehead atoms. The van der Waals surface area contributed by atoms with E-state index in [4.69, 9.17) is 0 Å². The van der Waals surface area contributed by atoms with Crippen LogP contribution in [0.15, 0.2) is 30.6 Å². The number of hydrogen-bond acceptors (Lipinski definition) is 1. The molecule has 0 atom stereocenters. The quantitative estimate of drug-likeness (QED) is 0.502. The Kier molecular flexibility index (Phi) is 4.45. The van der Waals surface area contributed by atoms with E-state index < -0.39 is 0 Å². The van der Waals surface area contributed by atoms with Crippen LogP contribution in [-0.4, -0.2) is 5.91 Å². The lowest BCUT2D eigenvalue weighted by molar-refractivity contribution is -0.642. The van der Waals surface area contributed by atoms with Gasteiger partial charge in [0.25, 0.3) is 5.91 Å². The second-order valence-corrected chi connectivity index (χ2v) is 1.95. The Hall–Kier alpha value is -0.900. The molecule has 0 aliphatic carbocycles. The fourth-order valence-electron chi connectivity index (χ4n) is 0.655. The summed E-state index contributed by atoms with van der Waals surface area (Å²) in [6.45, 7) is 1.47. The van der Waals surface area contributed by atoms with Gasteiger partial charge in [-0.05, 0) is 0 Å². The highest BCUT2D eigenvalue weighted by atomic mass is 79.9. The van der Waals surface area contributed by atoms with Crippen LogP contribution in [0.2, 0.25) is 0 Å². The van der Waals surface area contributed by atoms with Gasteiger partial charge in [0, 0.05) is 19.1 Å². The summed E-state index contributed by atoms with van der Waals surface area (Å²) in [5.41, 5.74) is 2.58. The van der Waals surface area contributed by atoms with Gasteiger partial charge in [0.1, 0.15) is 0 Å². The second kappa shape index (κ2) is 4.85. The fourth-order valence-corrected chi connectivity index (χ4v) is 0.655. The lowest BCUT2D eigenvalue weighted by atomic mass is 10.5. The van der Waals surface area contributed by atoms with E-state index in [-0.39, 0.29) is 22.9 Å². The van der Waals surface area contributed by atoms with E-state index >= 15 is 0 Å². The number of nitrogens with zero attached hydrogens (tertiary/aromatic N) is 1. The van der Waals surface area contributed by atoms with Crippen LogP contribution < -0.4 is 27.1 Å². The molecule has 0 unspecified atom stereocenters. The number of aromatic nitrogens is 1. The standard InChI is InChI=1S/C7H8N2O.BrH/c1-7(10)8-9-5-3-2-4-6-9;/h2-6H,1H3;1H. The smallest absolute Gasteiger partial charge is 0.271 e. The molecule has 0 aromatic carbocycles. The summed E-state index contributed by atoms with van der Waals surface area (Å²) in [6.07, 6.45) is 3.53. The lowest BCUT2D eigenvalue weighted by Crippen LogP contribution is -3.00. The maximum absolute atomic E-state index is 10.5. The molecule has 0 aliphatic heterocycles. The average Bonchev–Trinajstić information content (AvgIpc) is 1.88. The number of halogens is 1. The molecule has 1 amide bonds. The monoisotopic (exact) mass is 216 g/mol. The summed E-state index contributed by atoms with van der Waals surface area (Å²) in [4.78, 5) is 10.5. The summed E-state index contributed by atoms with van der Waals surface area (Å²) in [6, 6.07) is 5.57. The molecule has 3 nitrogen and oxygen atoms in total. The zero-order valence-electron chi connectivity index (χ0n) is 6.12. The van der Waals surface area contributed by atoms with E-state index in [0.29, 0.717) is 0 Å². The van der Waals surface area contributed by atoms with Gasteiger partial charge in [-0.2, -0.15) is 0 Å².